The molecule has 5 nitrogen and oxygen atoms in total. The minimum Gasteiger partial charge on any atom is -0.464 e. The second kappa shape index (κ2) is 9.61. The Labute approximate surface area is 118 Å². The number of aromatic nitrogens is 2. The minimum atomic E-state index is -0.465. The number of nitrogens with zero attached hydrogens (tertiary/aromatic N) is 2. The summed E-state index contributed by atoms with van der Waals surface area (Å²) in [6.45, 7) is 0.846. The smallest absolute Gasteiger partial charge is 0.358 e. The fourth-order valence-corrected chi connectivity index (χ4v) is 2.09. The molecule has 1 N–H and O–H groups in total. The van der Waals surface area contributed by atoms with Gasteiger partial charge in [0.2, 0.25) is 0 Å². The van der Waals surface area contributed by atoms with E-state index >= 15 is 0 Å². The molecule has 1 rings (SSSR count). The van der Waals surface area contributed by atoms with Gasteiger partial charge in [-0.25, -0.2) is 9.78 Å². The Balaban J connectivity index is 2.24. The standard InChI is InChI=1S/C13H21N3O2S/c1-18-13(17)11-9-14-10-12(16-11)15-7-5-3-4-6-8-19-2/h9-10H,3-8H2,1-2H3,(H,15,16). The van der Waals surface area contributed by atoms with Crippen molar-refractivity contribution >= 4 is 23.5 Å². The van der Waals surface area contributed by atoms with E-state index in [1.807, 2.05) is 11.8 Å². The Morgan fingerprint density at radius 3 is 2.84 bits per heavy atom. The van der Waals surface area contributed by atoms with Gasteiger partial charge in [0.05, 0.1) is 19.5 Å². The number of ether oxygens (including phenoxy) is 1. The highest BCUT2D eigenvalue weighted by molar-refractivity contribution is 7.98. The number of nitrogens with one attached hydrogen (secondary N) is 1. The quantitative estimate of drug-likeness (QED) is 0.555. The van der Waals surface area contributed by atoms with Crippen LogP contribution in [0.25, 0.3) is 0 Å². The third-order valence-electron chi connectivity index (χ3n) is 2.61. The van der Waals surface area contributed by atoms with Crippen LogP contribution in [0.3, 0.4) is 0 Å². The van der Waals surface area contributed by atoms with Crippen LogP contribution in [-0.2, 0) is 4.74 Å². The Hall–Kier alpha value is -1.30. The van der Waals surface area contributed by atoms with Crippen molar-refractivity contribution in [2.75, 3.05) is 31.0 Å². The van der Waals surface area contributed by atoms with Crippen LogP contribution in [-0.4, -0.2) is 41.6 Å². The second-order valence-corrected chi connectivity index (χ2v) is 5.10. The van der Waals surface area contributed by atoms with Gasteiger partial charge in [0.15, 0.2) is 5.69 Å². The summed E-state index contributed by atoms with van der Waals surface area (Å²) in [5.41, 5.74) is 0.229. The van der Waals surface area contributed by atoms with Crippen LogP contribution < -0.4 is 5.32 Å². The van der Waals surface area contributed by atoms with Crippen molar-refractivity contribution in [3.63, 3.8) is 0 Å². The molecule has 0 saturated heterocycles. The Morgan fingerprint density at radius 1 is 1.32 bits per heavy atom. The SMILES string of the molecule is COC(=O)c1cncc(NCCCCCCSC)n1. The van der Waals surface area contributed by atoms with Gasteiger partial charge in [-0.2, -0.15) is 11.8 Å². The van der Waals surface area contributed by atoms with Crippen LogP contribution in [0.5, 0.6) is 0 Å². The van der Waals surface area contributed by atoms with E-state index in [1.165, 1.54) is 38.3 Å². The monoisotopic (exact) mass is 283 g/mol. The van der Waals surface area contributed by atoms with Crippen molar-refractivity contribution in [1.29, 1.82) is 0 Å². The molecule has 1 heterocycles. The molecule has 106 valence electrons. The molecule has 0 unspecified atom stereocenters. The maximum atomic E-state index is 11.3. The topological polar surface area (TPSA) is 64.1 Å². The number of hydrogen-bond acceptors (Lipinski definition) is 6. The first-order chi connectivity index (χ1) is 9.27. The molecular weight excluding hydrogens is 262 g/mol. The van der Waals surface area contributed by atoms with Gasteiger partial charge in [-0.1, -0.05) is 12.8 Å². The van der Waals surface area contributed by atoms with E-state index in [-0.39, 0.29) is 5.69 Å². The van der Waals surface area contributed by atoms with Crippen LogP contribution in [0.1, 0.15) is 36.2 Å². The molecule has 0 aliphatic rings. The fraction of sp³-hybridized carbons (Fsp3) is 0.615. The van der Waals surface area contributed by atoms with Gasteiger partial charge in [0.25, 0.3) is 0 Å². The lowest BCUT2D eigenvalue weighted by Crippen LogP contribution is -2.09. The molecule has 0 aliphatic carbocycles. The molecule has 0 amide bonds. The van der Waals surface area contributed by atoms with Crippen molar-refractivity contribution in [2.45, 2.75) is 25.7 Å². The molecule has 0 bridgehead atoms. The van der Waals surface area contributed by atoms with Crippen LogP contribution in [0.4, 0.5) is 5.82 Å². The van der Waals surface area contributed by atoms with Crippen LogP contribution >= 0.6 is 11.8 Å². The summed E-state index contributed by atoms with van der Waals surface area (Å²) < 4.78 is 4.60. The summed E-state index contributed by atoms with van der Waals surface area (Å²) >= 11 is 1.89. The Bertz CT molecular complexity index is 388. The molecule has 6 heteroatoms. The van der Waals surface area contributed by atoms with Crippen molar-refractivity contribution in [2.24, 2.45) is 0 Å². The van der Waals surface area contributed by atoms with Gasteiger partial charge < -0.3 is 10.1 Å². The van der Waals surface area contributed by atoms with E-state index in [0.29, 0.717) is 5.82 Å². The third-order valence-corrected chi connectivity index (χ3v) is 3.31. The summed E-state index contributed by atoms with van der Waals surface area (Å²) in [5, 5.41) is 3.17. The van der Waals surface area contributed by atoms with Gasteiger partial charge in [0.1, 0.15) is 5.82 Å². The van der Waals surface area contributed by atoms with E-state index < -0.39 is 5.97 Å². The zero-order valence-electron chi connectivity index (χ0n) is 11.5. The van der Waals surface area contributed by atoms with E-state index in [1.54, 1.807) is 6.20 Å². The largest absolute Gasteiger partial charge is 0.464 e. The molecule has 0 saturated carbocycles. The third kappa shape index (κ3) is 6.42. The lowest BCUT2D eigenvalue weighted by atomic mass is 10.2. The highest BCUT2D eigenvalue weighted by Gasteiger charge is 2.07. The van der Waals surface area contributed by atoms with E-state index in [2.05, 4.69) is 26.3 Å². The molecule has 0 fully saturated rings. The zero-order chi connectivity index (χ0) is 13.9. The summed E-state index contributed by atoms with van der Waals surface area (Å²) in [6, 6.07) is 0. The molecule has 0 aliphatic heterocycles. The number of carbonyl (C=O) groups excluding carboxylic acids is 1. The van der Waals surface area contributed by atoms with Gasteiger partial charge in [-0.3, -0.25) is 4.98 Å². The van der Waals surface area contributed by atoms with E-state index in [4.69, 9.17) is 0 Å². The molecule has 1 aromatic heterocycles. The number of hydrogen-bond donors (Lipinski definition) is 1. The second-order valence-electron chi connectivity index (χ2n) is 4.11. The van der Waals surface area contributed by atoms with E-state index in [0.717, 1.165) is 13.0 Å². The first-order valence-electron chi connectivity index (χ1n) is 6.41. The lowest BCUT2D eigenvalue weighted by Gasteiger charge is -2.06. The number of anilines is 1. The average molecular weight is 283 g/mol. The number of thioether (sulfide) groups is 1. The number of unbranched alkanes of at least 4 members (excludes halogenated alkanes) is 3. The van der Waals surface area contributed by atoms with Gasteiger partial charge >= 0.3 is 5.97 Å². The average Bonchev–Trinajstić information content (AvgIpc) is 2.46. The Morgan fingerprint density at radius 2 is 2.11 bits per heavy atom. The van der Waals surface area contributed by atoms with Crippen molar-refractivity contribution in [3.8, 4) is 0 Å². The number of carbonyl (C=O) groups is 1. The Kier molecular flexibility index (Phi) is 7.97. The molecule has 0 spiro atoms. The molecular formula is C13H21N3O2S. The van der Waals surface area contributed by atoms with Crippen LogP contribution in [0.15, 0.2) is 12.4 Å². The predicted octanol–water partition coefficient (Wildman–Crippen LogP) is 2.60. The molecule has 19 heavy (non-hydrogen) atoms. The maximum Gasteiger partial charge on any atom is 0.358 e. The van der Waals surface area contributed by atoms with Crippen molar-refractivity contribution < 1.29 is 9.53 Å². The zero-order valence-corrected chi connectivity index (χ0v) is 12.3. The molecule has 1 aromatic rings. The minimum absolute atomic E-state index is 0.229. The first-order valence-corrected chi connectivity index (χ1v) is 7.80. The molecule has 0 radical (unpaired) electrons. The summed E-state index contributed by atoms with van der Waals surface area (Å²) in [7, 11) is 1.33. The number of esters is 1. The van der Waals surface area contributed by atoms with Crippen LogP contribution in [0.2, 0.25) is 0 Å². The highest BCUT2D eigenvalue weighted by atomic mass is 32.2. The van der Waals surface area contributed by atoms with Crippen molar-refractivity contribution in [3.05, 3.63) is 18.1 Å². The van der Waals surface area contributed by atoms with Gasteiger partial charge in [-0.15, -0.1) is 0 Å². The summed E-state index contributed by atoms with van der Waals surface area (Å²) in [5.74, 6) is 1.39. The predicted molar refractivity (Wildman–Crippen MR) is 78.7 cm³/mol. The summed E-state index contributed by atoms with van der Waals surface area (Å²) in [4.78, 5) is 19.4. The van der Waals surface area contributed by atoms with Gasteiger partial charge in [-0.05, 0) is 24.9 Å². The lowest BCUT2D eigenvalue weighted by molar-refractivity contribution is 0.0593. The normalized spacial score (nSPS) is 10.2. The maximum absolute atomic E-state index is 11.3. The fourth-order valence-electron chi connectivity index (χ4n) is 1.60. The van der Waals surface area contributed by atoms with Crippen molar-refractivity contribution in [1.82, 2.24) is 9.97 Å². The number of methoxy groups -OCH3 is 1. The highest BCUT2D eigenvalue weighted by Crippen LogP contribution is 2.06. The van der Waals surface area contributed by atoms with E-state index in [9.17, 15) is 4.79 Å². The summed E-state index contributed by atoms with van der Waals surface area (Å²) in [6.07, 6.45) is 9.99. The van der Waals surface area contributed by atoms with Gasteiger partial charge in [0, 0.05) is 6.54 Å². The molecule has 0 aromatic carbocycles. The molecule has 0 atom stereocenters. The van der Waals surface area contributed by atoms with Crippen LogP contribution in [0, 0.1) is 0 Å². The first kappa shape index (κ1) is 15.8. The number of rotatable bonds is 9.